The molecule has 370 valence electrons. The summed E-state index contributed by atoms with van der Waals surface area (Å²) in [7, 11) is 0. The van der Waals surface area contributed by atoms with Crippen LogP contribution in [0.1, 0.15) is 256 Å². The highest BCUT2D eigenvalue weighted by Crippen LogP contribution is 2.52. The summed E-state index contributed by atoms with van der Waals surface area (Å²) < 4.78 is 0. The van der Waals surface area contributed by atoms with Crippen LogP contribution < -0.4 is 0 Å². The van der Waals surface area contributed by atoms with Crippen molar-refractivity contribution in [2.45, 2.75) is 221 Å². The predicted molar refractivity (Wildman–Crippen MR) is 288 cm³/mol. The fourth-order valence-corrected chi connectivity index (χ4v) is 9.29. The van der Waals surface area contributed by atoms with Crippen LogP contribution in [0.15, 0.2) is 66.7 Å². The number of phenols is 4. The predicted octanol–water partition coefficient (Wildman–Crippen LogP) is 16.6. The molecule has 5 nitrogen and oxygen atoms in total. The fourth-order valence-electron chi connectivity index (χ4n) is 9.29. The summed E-state index contributed by atoms with van der Waals surface area (Å²) in [5.41, 5.74) is 8.62. The van der Waals surface area contributed by atoms with Gasteiger partial charge in [0.2, 0.25) is 0 Å². The van der Waals surface area contributed by atoms with E-state index in [2.05, 4.69) is 215 Å². The second kappa shape index (κ2) is 17.6. The van der Waals surface area contributed by atoms with Gasteiger partial charge in [-0.2, -0.15) is 0 Å². The first-order chi connectivity index (χ1) is 30.5. The van der Waals surface area contributed by atoms with Crippen molar-refractivity contribution in [3.63, 3.8) is 0 Å². The minimum absolute atomic E-state index is 0.174. The molecule has 0 unspecified atom stereocenters. The van der Waals surface area contributed by atoms with Crippen LogP contribution in [0.2, 0.25) is 0 Å². The molecule has 5 heteroatoms. The molecular formula is C63H89NO4. The SMILES string of the molecule is CC(C)(C)c1cc(C(c2cccc(C(c3cc(C(C)(C)C)cc(C(C)(C)C)c3O)c3cc(C(C)(C)C)cc(C(C)(C)C)c3O)n2)c2cc(C(C)(C)C)cc(C(C)(C)C)c2O)c(O)c(C(C)(C)C)c1. The van der Waals surface area contributed by atoms with Crippen LogP contribution >= 0.6 is 0 Å². The van der Waals surface area contributed by atoms with E-state index in [4.69, 9.17) is 4.98 Å². The van der Waals surface area contributed by atoms with Gasteiger partial charge in [0.15, 0.2) is 0 Å². The van der Waals surface area contributed by atoms with E-state index in [9.17, 15) is 20.4 Å². The maximum Gasteiger partial charge on any atom is 0.123 e. The summed E-state index contributed by atoms with van der Waals surface area (Å²) in [6.45, 7) is 51.8. The summed E-state index contributed by atoms with van der Waals surface area (Å²) >= 11 is 0. The van der Waals surface area contributed by atoms with Gasteiger partial charge in [0.25, 0.3) is 0 Å². The number of pyridine rings is 1. The van der Waals surface area contributed by atoms with Crippen LogP contribution in [-0.2, 0) is 43.3 Å². The van der Waals surface area contributed by atoms with Crippen LogP contribution in [0.5, 0.6) is 23.0 Å². The molecule has 0 aliphatic carbocycles. The molecular weight excluding hydrogens is 835 g/mol. The molecule has 5 aromatic rings. The number of aromatic nitrogens is 1. The molecule has 0 atom stereocenters. The Hall–Kier alpha value is -4.77. The molecule has 68 heavy (non-hydrogen) atoms. The Bertz CT molecular complexity index is 2330. The van der Waals surface area contributed by atoms with E-state index in [0.717, 1.165) is 44.5 Å². The Balaban J connectivity index is 2.10. The Kier molecular flexibility index (Phi) is 14.0. The van der Waals surface area contributed by atoms with E-state index in [1.165, 1.54) is 0 Å². The molecule has 0 aliphatic heterocycles. The van der Waals surface area contributed by atoms with Gasteiger partial charge in [-0.05, 0) is 100.0 Å². The van der Waals surface area contributed by atoms with E-state index in [1.807, 2.05) is 18.2 Å². The largest absolute Gasteiger partial charge is 0.507 e. The van der Waals surface area contributed by atoms with Gasteiger partial charge < -0.3 is 20.4 Å². The van der Waals surface area contributed by atoms with E-state index in [0.29, 0.717) is 33.6 Å². The molecule has 0 aliphatic rings. The van der Waals surface area contributed by atoms with Gasteiger partial charge in [-0.15, -0.1) is 0 Å². The molecule has 4 N–H and O–H groups in total. The number of hydrogen-bond donors (Lipinski definition) is 4. The van der Waals surface area contributed by atoms with Crippen LogP contribution in [0.3, 0.4) is 0 Å². The van der Waals surface area contributed by atoms with Crippen LogP contribution in [-0.4, -0.2) is 25.4 Å². The van der Waals surface area contributed by atoms with Gasteiger partial charge in [-0.1, -0.05) is 221 Å². The molecule has 0 saturated heterocycles. The Morgan fingerprint density at radius 3 is 0.647 bits per heavy atom. The van der Waals surface area contributed by atoms with Gasteiger partial charge in [0.1, 0.15) is 23.0 Å². The average Bonchev–Trinajstić information content (AvgIpc) is 3.14. The summed E-state index contributed by atoms with van der Waals surface area (Å²) in [5.74, 6) is -0.774. The van der Waals surface area contributed by atoms with E-state index < -0.39 is 33.5 Å². The third-order valence-corrected chi connectivity index (χ3v) is 13.9. The summed E-state index contributed by atoms with van der Waals surface area (Å²) in [6.07, 6.45) is 0. The van der Waals surface area contributed by atoms with Crippen molar-refractivity contribution < 1.29 is 20.4 Å². The number of hydrogen-bond acceptors (Lipinski definition) is 5. The van der Waals surface area contributed by atoms with Crippen molar-refractivity contribution in [1.29, 1.82) is 0 Å². The average molecular weight is 924 g/mol. The van der Waals surface area contributed by atoms with Crippen molar-refractivity contribution in [1.82, 2.24) is 4.98 Å². The summed E-state index contributed by atoms with van der Waals surface area (Å²) in [4.78, 5) is 5.73. The Morgan fingerprint density at radius 1 is 0.294 bits per heavy atom. The topological polar surface area (TPSA) is 93.8 Å². The highest BCUT2D eigenvalue weighted by atomic mass is 16.3. The number of phenolic OH excluding ortho intramolecular Hbond substituents is 4. The lowest BCUT2D eigenvalue weighted by Crippen LogP contribution is -2.22. The first kappa shape index (κ1) is 54.2. The van der Waals surface area contributed by atoms with Crippen molar-refractivity contribution in [2.75, 3.05) is 0 Å². The third kappa shape index (κ3) is 11.1. The van der Waals surface area contributed by atoms with Crippen LogP contribution in [0, 0.1) is 0 Å². The molecule has 1 aromatic heterocycles. The van der Waals surface area contributed by atoms with Crippen LogP contribution in [0.4, 0.5) is 0 Å². The lowest BCUT2D eigenvalue weighted by molar-refractivity contribution is 0.428. The minimum Gasteiger partial charge on any atom is -0.507 e. The van der Waals surface area contributed by atoms with Gasteiger partial charge in [-0.25, -0.2) is 0 Å². The Labute approximate surface area is 412 Å². The number of nitrogens with zero attached hydrogens (tertiary/aromatic N) is 1. The molecule has 0 spiro atoms. The molecule has 4 aromatic carbocycles. The van der Waals surface area contributed by atoms with E-state index in [1.54, 1.807) is 0 Å². The van der Waals surface area contributed by atoms with Crippen LogP contribution in [0.25, 0.3) is 0 Å². The van der Waals surface area contributed by atoms with E-state index in [-0.39, 0.29) is 44.7 Å². The highest BCUT2D eigenvalue weighted by Gasteiger charge is 2.38. The quantitative estimate of drug-likeness (QED) is 0.136. The molecule has 0 amide bonds. The third-order valence-electron chi connectivity index (χ3n) is 13.9. The number of aromatic hydroxyl groups is 4. The van der Waals surface area contributed by atoms with Crippen molar-refractivity contribution in [3.05, 3.63) is 145 Å². The highest BCUT2D eigenvalue weighted by molar-refractivity contribution is 5.63. The van der Waals surface area contributed by atoms with Crippen molar-refractivity contribution in [2.24, 2.45) is 0 Å². The Morgan fingerprint density at radius 2 is 0.485 bits per heavy atom. The summed E-state index contributed by atoms with van der Waals surface area (Å²) in [6, 6.07) is 23.0. The molecule has 1 heterocycles. The molecule has 0 bridgehead atoms. The monoisotopic (exact) mass is 924 g/mol. The first-order valence-corrected chi connectivity index (χ1v) is 24.9. The lowest BCUT2D eigenvalue weighted by atomic mass is 9.72. The second-order valence-electron chi connectivity index (χ2n) is 28.2. The molecule has 0 saturated carbocycles. The maximum absolute atomic E-state index is 12.8. The van der Waals surface area contributed by atoms with Gasteiger partial charge in [-0.3, -0.25) is 4.98 Å². The zero-order chi connectivity index (χ0) is 52.0. The smallest absolute Gasteiger partial charge is 0.123 e. The van der Waals surface area contributed by atoms with Crippen molar-refractivity contribution >= 4 is 0 Å². The van der Waals surface area contributed by atoms with Gasteiger partial charge in [0.05, 0.1) is 23.2 Å². The standard InChI is InChI=1S/C63H89NO4/c1-56(2,3)36-28-40(52(65)44(32-36)60(13,14)15)50(41-29-37(57(4,5)6)33-45(53(41)66)61(16,17)18)48-26-25-27-49(64-48)51(42-30-38(58(7,8)9)34-46(54(42)67)62(19,20)21)43-31-39(59(10,11)12)35-47(55(43)68)63(22,23)24/h25-35,50-51,65-68H,1-24H3. The van der Waals surface area contributed by atoms with E-state index >= 15 is 0 Å². The van der Waals surface area contributed by atoms with Crippen molar-refractivity contribution in [3.8, 4) is 23.0 Å². The van der Waals surface area contributed by atoms with Gasteiger partial charge >= 0.3 is 0 Å². The number of benzene rings is 4. The number of rotatable bonds is 6. The first-order valence-electron chi connectivity index (χ1n) is 24.9. The molecule has 0 fully saturated rings. The molecule has 5 rings (SSSR count). The maximum atomic E-state index is 12.8. The molecule has 0 radical (unpaired) electrons. The lowest BCUT2D eigenvalue weighted by Gasteiger charge is -2.33. The normalized spacial score (nSPS) is 13.8. The minimum atomic E-state index is -0.735. The van der Waals surface area contributed by atoms with Gasteiger partial charge in [0, 0.05) is 22.3 Å². The fraction of sp³-hybridized carbons (Fsp3) is 0.540. The second-order valence-corrected chi connectivity index (χ2v) is 28.2. The summed E-state index contributed by atoms with van der Waals surface area (Å²) in [5, 5.41) is 51.3. The zero-order valence-corrected chi connectivity index (χ0v) is 46.7. The zero-order valence-electron chi connectivity index (χ0n) is 46.7.